The smallest absolute Gasteiger partial charge is 0.0972 e. The van der Waals surface area contributed by atoms with E-state index in [1.165, 1.54) is 25.9 Å². The van der Waals surface area contributed by atoms with E-state index in [0.717, 1.165) is 62.7 Å². The lowest BCUT2D eigenvalue weighted by Crippen LogP contribution is -1.93. The lowest BCUT2D eigenvalue weighted by Gasteiger charge is -2.11. The van der Waals surface area contributed by atoms with Crippen LogP contribution in [0.4, 0.5) is 0 Å². The Labute approximate surface area is 217 Å². The molecule has 0 bridgehead atoms. The summed E-state index contributed by atoms with van der Waals surface area (Å²) < 4.78 is 1.34. The Hall–Kier alpha value is -4.41. The van der Waals surface area contributed by atoms with Gasteiger partial charge in [-0.3, -0.25) is 4.98 Å². The highest BCUT2D eigenvalue weighted by Crippen LogP contribution is 2.44. The standard InChI is InChI=1S/C33H21N3S/c1-3-12-27-24(10-1)33-29(25-11-2-4-13-28(25)37-33)30(36-27)23-8-5-7-22(19-23)26-17-16-21-15-14-20-9-6-18-34-31(20)32(21)35-26/h1-3,5-12,14-19H,4,13H2. The molecule has 4 heteroatoms. The molecule has 0 atom stereocenters. The Morgan fingerprint density at radius 2 is 1.59 bits per heavy atom. The lowest BCUT2D eigenvalue weighted by molar-refractivity contribution is 1.02. The van der Waals surface area contributed by atoms with Gasteiger partial charge in [0.05, 0.1) is 27.9 Å². The van der Waals surface area contributed by atoms with Crippen molar-refractivity contribution in [2.24, 2.45) is 0 Å². The second kappa shape index (κ2) is 8.05. The van der Waals surface area contributed by atoms with Gasteiger partial charge in [-0.05, 0) is 42.7 Å². The molecule has 0 saturated heterocycles. The van der Waals surface area contributed by atoms with Crippen LogP contribution in [0.1, 0.15) is 16.9 Å². The van der Waals surface area contributed by atoms with E-state index in [-0.39, 0.29) is 0 Å². The molecule has 0 radical (unpaired) electrons. The van der Waals surface area contributed by atoms with Gasteiger partial charge in [-0.2, -0.15) is 0 Å². The summed E-state index contributed by atoms with van der Waals surface area (Å²) in [5, 5.41) is 4.71. The van der Waals surface area contributed by atoms with Gasteiger partial charge in [-0.15, -0.1) is 11.3 Å². The first-order valence-corrected chi connectivity index (χ1v) is 13.4. The third-order valence-electron chi connectivity index (χ3n) is 7.33. The summed E-state index contributed by atoms with van der Waals surface area (Å²) in [7, 11) is 0. The van der Waals surface area contributed by atoms with E-state index in [1.807, 2.05) is 23.6 Å². The van der Waals surface area contributed by atoms with E-state index in [2.05, 4.69) is 96.0 Å². The predicted octanol–water partition coefficient (Wildman–Crippen LogP) is 8.84. The van der Waals surface area contributed by atoms with Crippen molar-refractivity contribution in [3.63, 3.8) is 0 Å². The molecule has 3 aromatic carbocycles. The molecule has 0 unspecified atom stereocenters. The number of para-hydroxylation sites is 1. The number of aryl methyl sites for hydroxylation is 1. The molecular formula is C33H21N3S. The van der Waals surface area contributed by atoms with E-state index in [0.29, 0.717) is 0 Å². The Morgan fingerprint density at radius 1 is 0.730 bits per heavy atom. The number of nitrogens with zero attached hydrogens (tertiary/aromatic N) is 3. The monoisotopic (exact) mass is 491 g/mol. The maximum absolute atomic E-state index is 5.22. The molecule has 0 aliphatic heterocycles. The van der Waals surface area contributed by atoms with Crippen LogP contribution in [0.25, 0.3) is 71.4 Å². The minimum Gasteiger partial charge on any atom is -0.254 e. The van der Waals surface area contributed by atoms with Gasteiger partial charge < -0.3 is 0 Å². The van der Waals surface area contributed by atoms with Crippen LogP contribution in [0.15, 0.2) is 97.2 Å². The lowest BCUT2D eigenvalue weighted by atomic mass is 9.96. The van der Waals surface area contributed by atoms with E-state index in [9.17, 15) is 0 Å². The number of benzene rings is 3. The molecule has 1 aliphatic rings. The summed E-state index contributed by atoms with van der Waals surface area (Å²) >= 11 is 1.93. The van der Waals surface area contributed by atoms with Crippen LogP contribution >= 0.6 is 11.3 Å². The molecule has 0 saturated carbocycles. The van der Waals surface area contributed by atoms with Crippen molar-refractivity contribution in [1.29, 1.82) is 0 Å². The summed E-state index contributed by atoms with van der Waals surface area (Å²) in [6.45, 7) is 0. The number of allylic oxidation sites excluding steroid dienone is 1. The van der Waals surface area contributed by atoms with Crippen LogP contribution in [-0.2, 0) is 6.42 Å². The first kappa shape index (κ1) is 20.7. The quantitative estimate of drug-likeness (QED) is 0.227. The van der Waals surface area contributed by atoms with Gasteiger partial charge in [0.15, 0.2) is 0 Å². The van der Waals surface area contributed by atoms with Crippen LogP contribution in [0.2, 0.25) is 0 Å². The van der Waals surface area contributed by atoms with Gasteiger partial charge >= 0.3 is 0 Å². The average molecular weight is 492 g/mol. The molecule has 0 amide bonds. The molecule has 37 heavy (non-hydrogen) atoms. The van der Waals surface area contributed by atoms with Crippen molar-refractivity contribution >= 4 is 60.2 Å². The zero-order valence-corrected chi connectivity index (χ0v) is 20.8. The maximum atomic E-state index is 5.22. The minimum absolute atomic E-state index is 0.935. The van der Waals surface area contributed by atoms with Crippen molar-refractivity contribution in [1.82, 2.24) is 15.0 Å². The first-order valence-electron chi connectivity index (χ1n) is 12.6. The second-order valence-corrected chi connectivity index (χ2v) is 10.7. The van der Waals surface area contributed by atoms with Gasteiger partial charge in [0.25, 0.3) is 0 Å². The summed E-state index contributed by atoms with van der Waals surface area (Å²) in [4.78, 5) is 16.4. The number of pyridine rings is 3. The fourth-order valence-corrected chi connectivity index (χ4v) is 6.89. The Bertz CT molecular complexity index is 2050. The van der Waals surface area contributed by atoms with Gasteiger partial charge in [-0.25, -0.2) is 9.97 Å². The van der Waals surface area contributed by atoms with E-state index >= 15 is 0 Å². The van der Waals surface area contributed by atoms with Gasteiger partial charge in [0.2, 0.25) is 0 Å². The maximum Gasteiger partial charge on any atom is 0.0972 e. The highest BCUT2D eigenvalue weighted by molar-refractivity contribution is 7.20. The number of rotatable bonds is 2. The molecule has 1 aliphatic carbocycles. The van der Waals surface area contributed by atoms with Crippen molar-refractivity contribution < 1.29 is 0 Å². The molecule has 4 heterocycles. The van der Waals surface area contributed by atoms with Crippen LogP contribution in [-0.4, -0.2) is 15.0 Å². The van der Waals surface area contributed by atoms with E-state index in [1.54, 1.807) is 0 Å². The Morgan fingerprint density at radius 3 is 2.57 bits per heavy atom. The van der Waals surface area contributed by atoms with Crippen LogP contribution in [0.3, 0.4) is 0 Å². The zero-order valence-electron chi connectivity index (χ0n) is 20.0. The largest absolute Gasteiger partial charge is 0.254 e. The topological polar surface area (TPSA) is 38.7 Å². The Kier molecular flexibility index (Phi) is 4.52. The van der Waals surface area contributed by atoms with E-state index < -0.39 is 0 Å². The highest BCUT2D eigenvalue weighted by Gasteiger charge is 2.20. The molecule has 7 aromatic rings. The molecule has 0 fully saturated rings. The fraction of sp³-hybridized carbons (Fsp3) is 0.0606. The van der Waals surface area contributed by atoms with Gasteiger partial charge in [0, 0.05) is 48.4 Å². The van der Waals surface area contributed by atoms with Crippen molar-refractivity contribution in [3.8, 4) is 22.5 Å². The molecule has 0 N–H and O–H groups in total. The number of aromatic nitrogens is 3. The summed E-state index contributed by atoms with van der Waals surface area (Å²) in [5.74, 6) is 0. The first-order chi connectivity index (χ1) is 18.3. The minimum atomic E-state index is 0.935. The third-order valence-corrected chi connectivity index (χ3v) is 8.62. The highest BCUT2D eigenvalue weighted by atomic mass is 32.1. The summed E-state index contributed by atoms with van der Waals surface area (Å²) in [6.07, 6.45) is 8.63. The van der Waals surface area contributed by atoms with Crippen LogP contribution in [0.5, 0.6) is 0 Å². The molecular weight excluding hydrogens is 470 g/mol. The molecule has 174 valence electrons. The van der Waals surface area contributed by atoms with Crippen LogP contribution < -0.4 is 0 Å². The number of hydrogen-bond donors (Lipinski definition) is 0. The molecule has 4 aromatic heterocycles. The summed E-state index contributed by atoms with van der Waals surface area (Å²) in [5.41, 5.74) is 8.44. The molecule has 0 spiro atoms. The number of fused-ring (bicyclic) bond motifs is 8. The zero-order chi connectivity index (χ0) is 24.3. The average Bonchev–Trinajstić information content (AvgIpc) is 3.36. The van der Waals surface area contributed by atoms with Gasteiger partial charge in [-0.1, -0.05) is 72.8 Å². The normalized spacial score (nSPS) is 13.1. The Balaban J connectivity index is 1.36. The molecule has 3 nitrogen and oxygen atoms in total. The van der Waals surface area contributed by atoms with Crippen molar-refractivity contribution in [2.75, 3.05) is 0 Å². The van der Waals surface area contributed by atoms with Crippen molar-refractivity contribution in [2.45, 2.75) is 12.8 Å². The summed E-state index contributed by atoms with van der Waals surface area (Å²) in [6, 6.07) is 29.7. The van der Waals surface area contributed by atoms with E-state index in [4.69, 9.17) is 9.97 Å². The van der Waals surface area contributed by atoms with Crippen LogP contribution in [0, 0.1) is 0 Å². The number of hydrogen-bond acceptors (Lipinski definition) is 4. The SMILES string of the molecule is C1=Cc2c(sc3c2c(-c2cccc(-c4ccc5ccc6cccnc6c5n4)c2)nc2ccccc23)CC1. The fourth-order valence-electron chi connectivity index (χ4n) is 5.55. The third kappa shape index (κ3) is 3.23. The van der Waals surface area contributed by atoms with Crippen molar-refractivity contribution in [3.05, 3.63) is 108 Å². The predicted molar refractivity (Wildman–Crippen MR) is 156 cm³/mol. The number of thiophene rings is 1. The molecule has 8 rings (SSSR count). The second-order valence-electron chi connectivity index (χ2n) is 9.55. The van der Waals surface area contributed by atoms with Gasteiger partial charge in [0.1, 0.15) is 0 Å².